The summed E-state index contributed by atoms with van der Waals surface area (Å²) in [5.74, 6) is -2.65. The predicted octanol–water partition coefficient (Wildman–Crippen LogP) is 2.16. The van der Waals surface area contributed by atoms with Crippen molar-refractivity contribution in [2.24, 2.45) is 0 Å². The largest absolute Gasteiger partial charge is 0.342 e. The molecule has 0 aliphatic carbocycles. The second kappa shape index (κ2) is 5.97. The van der Waals surface area contributed by atoms with Crippen LogP contribution in [-0.4, -0.2) is 48.2 Å². The fourth-order valence-electron chi connectivity index (χ4n) is 3.60. The van der Waals surface area contributed by atoms with Gasteiger partial charge in [0.1, 0.15) is 24.1 Å². The molecule has 1 aromatic rings. The third-order valence-corrected chi connectivity index (χ3v) is 4.51. The minimum Gasteiger partial charge on any atom is -0.342 e. The summed E-state index contributed by atoms with van der Waals surface area (Å²) in [7, 11) is 0. The van der Waals surface area contributed by atoms with Gasteiger partial charge in [0.25, 0.3) is 5.91 Å². The highest BCUT2D eigenvalue weighted by atomic mass is 19.1. The quantitative estimate of drug-likeness (QED) is 0.863. The van der Waals surface area contributed by atoms with Gasteiger partial charge in [-0.05, 0) is 45.9 Å². The molecule has 0 bridgehead atoms. The molecule has 142 valence electrons. The topological polar surface area (TPSA) is 75.3 Å². The maximum absolute atomic E-state index is 13.4. The number of anilines is 1. The first-order chi connectivity index (χ1) is 12.1. The van der Waals surface area contributed by atoms with Gasteiger partial charge in [-0.2, -0.15) is 0 Å². The van der Waals surface area contributed by atoms with E-state index < -0.39 is 54.0 Å². The van der Waals surface area contributed by atoms with Crippen molar-refractivity contribution >= 4 is 11.6 Å². The number of rotatable bonds is 2. The number of amides is 1. The van der Waals surface area contributed by atoms with Crippen molar-refractivity contribution in [2.45, 2.75) is 70.0 Å². The average molecular weight is 367 g/mol. The molecule has 3 saturated heterocycles. The number of hydrogen-bond acceptors (Lipinski definition) is 6. The Balaban J connectivity index is 1.58. The Hall–Kier alpha value is -1.58. The molecule has 0 unspecified atom stereocenters. The smallest absolute Gasteiger partial charge is 0.256 e. The van der Waals surface area contributed by atoms with Gasteiger partial charge in [0.2, 0.25) is 0 Å². The van der Waals surface area contributed by atoms with Gasteiger partial charge < -0.3 is 29.0 Å². The lowest BCUT2D eigenvalue weighted by atomic mass is 9.98. The molecule has 0 saturated carbocycles. The van der Waals surface area contributed by atoms with Crippen molar-refractivity contribution in [3.05, 3.63) is 30.1 Å². The highest BCUT2D eigenvalue weighted by Crippen LogP contribution is 2.44. The Morgan fingerprint density at radius 2 is 1.65 bits per heavy atom. The van der Waals surface area contributed by atoms with Crippen LogP contribution < -0.4 is 5.32 Å². The first kappa shape index (κ1) is 17.8. The molecule has 3 heterocycles. The maximum Gasteiger partial charge on any atom is 0.256 e. The standard InChI is InChI=1S/C18H22FNO6/c1-17(2)23-11-12(24-17)14-16(26-18(3,4)25-14)22-13(11)15(21)20-10-7-5-6-9(19)8-10/h5-8,11-14,16H,1-4H3,(H,20,21)/t11-,12+,13-,14+,16+/m1/s1. The lowest BCUT2D eigenvalue weighted by Gasteiger charge is -2.36. The maximum atomic E-state index is 13.4. The lowest BCUT2D eigenvalue weighted by molar-refractivity contribution is -0.229. The number of nitrogens with one attached hydrogen (secondary N) is 1. The van der Waals surface area contributed by atoms with Crippen LogP contribution in [0, 0.1) is 5.82 Å². The second-order valence-corrected chi connectivity index (χ2v) is 7.59. The number of hydrogen-bond donors (Lipinski definition) is 1. The van der Waals surface area contributed by atoms with Gasteiger partial charge in [-0.1, -0.05) is 6.07 Å². The molecule has 3 fully saturated rings. The molecular formula is C18H22FNO6. The molecule has 0 aromatic heterocycles. The monoisotopic (exact) mass is 367 g/mol. The Morgan fingerprint density at radius 3 is 2.38 bits per heavy atom. The van der Waals surface area contributed by atoms with Gasteiger partial charge in [-0.25, -0.2) is 4.39 Å². The van der Waals surface area contributed by atoms with E-state index in [4.69, 9.17) is 23.7 Å². The zero-order chi connectivity index (χ0) is 18.7. The number of fused-ring (bicyclic) bond motifs is 3. The highest BCUT2D eigenvalue weighted by molar-refractivity contribution is 5.94. The molecule has 5 atom stereocenters. The fourth-order valence-corrected chi connectivity index (χ4v) is 3.60. The van der Waals surface area contributed by atoms with E-state index in [2.05, 4.69) is 5.32 Å². The van der Waals surface area contributed by atoms with E-state index in [9.17, 15) is 9.18 Å². The number of halogens is 1. The van der Waals surface area contributed by atoms with Crippen molar-refractivity contribution in [2.75, 3.05) is 5.32 Å². The van der Waals surface area contributed by atoms with Gasteiger partial charge in [-0.3, -0.25) is 4.79 Å². The van der Waals surface area contributed by atoms with Gasteiger partial charge >= 0.3 is 0 Å². The molecule has 7 nitrogen and oxygen atoms in total. The van der Waals surface area contributed by atoms with E-state index >= 15 is 0 Å². The summed E-state index contributed by atoms with van der Waals surface area (Å²) in [6.07, 6.45) is -3.43. The van der Waals surface area contributed by atoms with E-state index in [1.165, 1.54) is 18.2 Å². The van der Waals surface area contributed by atoms with Crippen molar-refractivity contribution in [1.82, 2.24) is 0 Å². The molecule has 8 heteroatoms. The Labute approximate surface area is 150 Å². The first-order valence-corrected chi connectivity index (χ1v) is 8.57. The Kier molecular flexibility index (Phi) is 4.09. The molecule has 3 aliphatic heterocycles. The molecule has 0 radical (unpaired) electrons. The zero-order valence-corrected chi connectivity index (χ0v) is 15.0. The summed E-state index contributed by atoms with van der Waals surface area (Å²) >= 11 is 0. The minimum atomic E-state index is -0.983. The van der Waals surface area contributed by atoms with Crippen molar-refractivity contribution in [1.29, 1.82) is 0 Å². The number of ether oxygens (including phenoxy) is 5. The molecule has 0 spiro atoms. The summed E-state index contributed by atoms with van der Waals surface area (Å²) in [5, 5.41) is 2.66. The predicted molar refractivity (Wildman–Crippen MR) is 87.6 cm³/mol. The van der Waals surface area contributed by atoms with Crippen LogP contribution in [0.25, 0.3) is 0 Å². The van der Waals surface area contributed by atoms with Gasteiger partial charge in [0.05, 0.1) is 0 Å². The van der Waals surface area contributed by atoms with Gasteiger partial charge in [-0.15, -0.1) is 0 Å². The van der Waals surface area contributed by atoms with Crippen molar-refractivity contribution < 1.29 is 32.9 Å². The second-order valence-electron chi connectivity index (χ2n) is 7.59. The normalized spacial score (nSPS) is 37.0. The van der Waals surface area contributed by atoms with E-state index in [-0.39, 0.29) is 0 Å². The van der Waals surface area contributed by atoms with Crippen LogP contribution in [-0.2, 0) is 28.5 Å². The van der Waals surface area contributed by atoms with Crippen LogP contribution in [0.3, 0.4) is 0 Å². The van der Waals surface area contributed by atoms with Crippen LogP contribution in [0.2, 0.25) is 0 Å². The molecule has 1 amide bonds. The first-order valence-electron chi connectivity index (χ1n) is 8.57. The average Bonchev–Trinajstić information content (AvgIpc) is 3.00. The van der Waals surface area contributed by atoms with Crippen LogP contribution >= 0.6 is 0 Å². The van der Waals surface area contributed by atoms with Crippen LogP contribution in [0.15, 0.2) is 24.3 Å². The van der Waals surface area contributed by atoms with Crippen molar-refractivity contribution in [3.63, 3.8) is 0 Å². The molecule has 4 rings (SSSR count). The zero-order valence-electron chi connectivity index (χ0n) is 15.0. The molecule has 3 aliphatic rings. The summed E-state index contributed by atoms with van der Waals surface area (Å²) in [6.45, 7) is 7.07. The lowest BCUT2D eigenvalue weighted by Crippen LogP contribution is -2.58. The summed E-state index contributed by atoms with van der Waals surface area (Å²) < 4.78 is 42.8. The van der Waals surface area contributed by atoms with Crippen LogP contribution in [0.5, 0.6) is 0 Å². The number of carbonyl (C=O) groups excluding carboxylic acids is 1. The van der Waals surface area contributed by atoms with E-state index in [0.717, 1.165) is 0 Å². The third-order valence-electron chi connectivity index (χ3n) is 4.51. The van der Waals surface area contributed by atoms with Crippen LogP contribution in [0.4, 0.5) is 10.1 Å². The number of carbonyl (C=O) groups is 1. The molecule has 26 heavy (non-hydrogen) atoms. The van der Waals surface area contributed by atoms with E-state index in [0.29, 0.717) is 5.69 Å². The van der Waals surface area contributed by atoms with Gasteiger partial charge in [0.15, 0.2) is 24.0 Å². The SMILES string of the molecule is CC1(C)O[C@@H]2O[C@@H](C(=O)Nc3cccc(F)c3)[C@@H]3OC(C)(C)O[C@@H]3[C@@H]2O1. The summed E-state index contributed by atoms with van der Waals surface area (Å²) in [6, 6.07) is 5.64. The third kappa shape index (κ3) is 3.23. The van der Waals surface area contributed by atoms with Crippen molar-refractivity contribution in [3.8, 4) is 0 Å². The van der Waals surface area contributed by atoms with E-state index in [1.54, 1.807) is 33.8 Å². The Bertz CT molecular complexity index is 723. The molecule has 1 aromatic carbocycles. The summed E-state index contributed by atoms with van der Waals surface area (Å²) in [4.78, 5) is 12.8. The van der Waals surface area contributed by atoms with Crippen LogP contribution in [0.1, 0.15) is 27.7 Å². The number of benzene rings is 1. The minimum absolute atomic E-state index is 0.333. The molecular weight excluding hydrogens is 345 g/mol. The highest BCUT2D eigenvalue weighted by Gasteiger charge is 2.62. The van der Waals surface area contributed by atoms with Gasteiger partial charge in [0, 0.05) is 5.69 Å². The van der Waals surface area contributed by atoms with E-state index in [1.807, 2.05) is 0 Å². The molecule has 1 N–H and O–H groups in total. The Morgan fingerprint density at radius 1 is 1.00 bits per heavy atom. The summed E-state index contributed by atoms with van der Waals surface area (Å²) in [5.41, 5.74) is 0.333. The fraction of sp³-hybridized carbons (Fsp3) is 0.611.